The Hall–Kier alpha value is -3.30. The predicted octanol–water partition coefficient (Wildman–Crippen LogP) is 4.45. The maximum Gasteiger partial charge on any atom is 0.251 e. The molecule has 1 aliphatic heterocycles. The van der Waals surface area contributed by atoms with E-state index >= 15 is 0 Å². The number of nitrogens with zero attached hydrogens (tertiary/aromatic N) is 2. The van der Waals surface area contributed by atoms with Gasteiger partial charge in [0.2, 0.25) is 0 Å². The Morgan fingerprint density at radius 1 is 1.22 bits per heavy atom. The summed E-state index contributed by atoms with van der Waals surface area (Å²) in [6.07, 6.45) is 2.90. The Kier molecular flexibility index (Phi) is 6.30. The summed E-state index contributed by atoms with van der Waals surface area (Å²) in [4.78, 5) is 23.4. The van der Waals surface area contributed by atoms with Crippen molar-refractivity contribution in [2.75, 3.05) is 25.9 Å². The van der Waals surface area contributed by atoms with E-state index in [-0.39, 0.29) is 22.6 Å². The van der Waals surface area contributed by atoms with E-state index in [4.69, 9.17) is 0 Å². The fourth-order valence-corrected chi connectivity index (χ4v) is 5.89. The minimum atomic E-state index is -3.44. The molecule has 1 fully saturated rings. The highest BCUT2D eigenvalue weighted by Crippen LogP contribution is 2.38. The zero-order valence-corrected chi connectivity index (χ0v) is 21.4. The number of likely N-dealkylation sites (tertiary alicyclic amines) is 1. The minimum Gasteiger partial charge on any atom is -0.349 e. The molecule has 188 valence electrons. The topological polar surface area (TPSA) is 95.2 Å². The number of H-pyrrole nitrogens is 1. The van der Waals surface area contributed by atoms with Crippen molar-refractivity contribution in [3.05, 3.63) is 59.5 Å². The lowest BCUT2D eigenvalue weighted by molar-refractivity contribution is 0.0916. The summed E-state index contributed by atoms with van der Waals surface area (Å²) in [7, 11) is -1.37. The first-order valence-corrected chi connectivity index (χ1v) is 13.8. The number of halogens is 1. The molecule has 7 nitrogen and oxygen atoms in total. The molecule has 0 saturated carbocycles. The molecule has 0 bridgehead atoms. The van der Waals surface area contributed by atoms with Crippen LogP contribution in [0.25, 0.3) is 33.1 Å². The molecule has 36 heavy (non-hydrogen) atoms. The number of benzene rings is 2. The van der Waals surface area contributed by atoms with E-state index in [1.807, 2.05) is 13.0 Å². The predicted molar refractivity (Wildman–Crippen MR) is 139 cm³/mol. The molecule has 0 unspecified atom stereocenters. The number of carbonyl (C=O) groups excluding carboxylic acids is 1. The van der Waals surface area contributed by atoms with E-state index in [1.54, 1.807) is 31.2 Å². The first-order chi connectivity index (χ1) is 17.2. The van der Waals surface area contributed by atoms with Gasteiger partial charge in [-0.15, -0.1) is 0 Å². The van der Waals surface area contributed by atoms with Crippen molar-refractivity contribution in [3.8, 4) is 11.1 Å². The molecule has 0 atom stereocenters. The Morgan fingerprint density at radius 3 is 2.69 bits per heavy atom. The lowest BCUT2D eigenvalue weighted by atomic mass is 9.93. The summed E-state index contributed by atoms with van der Waals surface area (Å²) < 4.78 is 39.4. The van der Waals surface area contributed by atoms with Crippen LogP contribution < -0.4 is 5.32 Å². The highest BCUT2D eigenvalue weighted by molar-refractivity contribution is 7.91. The molecule has 1 amide bonds. The molecule has 3 heterocycles. The number of amides is 1. The van der Waals surface area contributed by atoms with Crippen LogP contribution >= 0.6 is 0 Å². The lowest BCUT2D eigenvalue weighted by Crippen LogP contribution is -2.43. The van der Waals surface area contributed by atoms with Crippen LogP contribution in [0.1, 0.15) is 35.7 Å². The number of fused-ring (bicyclic) bond motifs is 3. The third kappa shape index (κ3) is 4.37. The van der Waals surface area contributed by atoms with Gasteiger partial charge in [0.1, 0.15) is 11.5 Å². The molecular weight excluding hydrogens is 479 g/mol. The third-order valence-corrected chi connectivity index (χ3v) is 8.87. The van der Waals surface area contributed by atoms with E-state index < -0.39 is 15.7 Å². The van der Waals surface area contributed by atoms with Crippen LogP contribution in [-0.4, -0.2) is 61.1 Å². The smallest absolute Gasteiger partial charge is 0.251 e. The molecule has 2 aromatic carbocycles. The first kappa shape index (κ1) is 24.4. The minimum absolute atomic E-state index is 0.0216. The summed E-state index contributed by atoms with van der Waals surface area (Å²) in [5.41, 5.74) is 3.69. The number of piperidine rings is 1. The summed E-state index contributed by atoms with van der Waals surface area (Å²) in [5.74, 6) is -0.676. The van der Waals surface area contributed by atoms with Crippen molar-refractivity contribution in [1.82, 2.24) is 20.2 Å². The second-order valence-electron chi connectivity index (χ2n) is 9.50. The summed E-state index contributed by atoms with van der Waals surface area (Å²) in [6.45, 7) is 5.31. The van der Waals surface area contributed by atoms with Crippen LogP contribution in [0.4, 0.5) is 4.39 Å². The molecule has 1 aliphatic rings. The quantitative estimate of drug-likeness (QED) is 0.415. The maximum atomic E-state index is 14.2. The normalized spacial score (nSPS) is 15.6. The number of carbonyl (C=O) groups is 1. The van der Waals surface area contributed by atoms with Crippen LogP contribution in [-0.2, 0) is 9.84 Å². The number of hydrogen-bond acceptors (Lipinski definition) is 5. The summed E-state index contributed by atoms with van der Waals surface area (Å²) >= 11 is 0. The van der Waals surface area contributed by atoms with Gasteiger partial charge < -0.3 is 15.2 Å². The van der Waals surface area contributed by atoms with Gasteiger partial charge in [0, 0.05) is 22.4 Å². The largest absolute Gasteiger partial charge is 0.349 e. The molecule has 0 spiro atoms. The highest BCUT2D eigenvalue weighted by Gasteiger charge is 2.24. The Labute approximate surface area is 209 Å². The van der Waals surface area contributed by atoms with Gasteiger partial charge in [-0.2, -0.15) is 0 Å². The fraction of sp³-hybridized carbons (Fsp3) is 0.333. The van der Waals surface area contributed by atoms with Crippen LogP contribution in [0.2, 0.25) is 0 Å². The Bertz CT molecular complexity index is 1590. The van der Waals surface area contributed by atoms with E-state index in [0.29, 0.717) is 38.6 Å². The Morgan fingerprint density at radius 2 is 1.97 bits per heavy atom. The number of aromatic nitrogens is 2. The second kappa shape index (κ2) is 9.29. The maximum absolute atomic E-state index is 14.2. The van der Waals surface area contributed by atoms with Gasteiger partial charge >= 0.3 is 0 Å². The number of aryl methyl sites for hydroxylation is 1. The van der Waals surface area contributed by atoms with Gasteiger partial charge in [-0.1, -0.05) is 19.1 Å². The average Bonchev–Trinajstić information content (AvgIpc) is 3.25. The summed E-state index contributed by atoms with van der Waals surface area (Å²) in [6, 6.07) is 9.97. The molecule has 0 radical (unpaired) electrons. The highest BCUT2D eigenvalue weighted by atomic mass is 32.2. The van der Waals surface area contributed by atoms with Crippen LogP contribution in [0.3, 0.4) is 0 Å². The third-order valence-electron chi connectivity index (χ3n) is 7.14. The molecule has 2 aromatic heterocycles. The lowest BCUT2D eigenvalue weighted by Gasteiger charge is -2.29. The first-order valence-electron chi connectivity index (χ1n) is 12.1. The molecule has 1 saturated heterocycles. The number of pyridine rings is 1. The molecule has 2 N–H and O–H groups in total. The van der Waals surface area contributed by atoms with E-state index in [2.05, 4.69) is 27.2 Å². The van der Waals surface area contributed by atoms with Crippen molar-refractivity contribution >= 4 is 37.7 Å². The second-order valence-corrected chi connectivity index (χ2v) is 11.8. The van der Waals surface area contributed by atoms with E-state index in [1.165, 1.54) is 6.07 Å². The molecular formula is C27H29FN4O3S. The number of sulfone groups is 1. The van der Waals surface area contributed by atoms with E-state index in [9.17, 15) is 17.6 Å². The van der Waals surface area contributed by atoms with Gasteiger partial charge in [0.15, 0.2) is 9.84 Å². The van der Waals surface area contributed by atoms with Gasteiger partial charge in [0.25, 0.3) is 5.91 Å². The molecule has 4 aromatic rings. The zero-order chi connectivity index (χ0) is 25.6. The zero-order valence-electron chi connectivity index (χ0n) is 20.6. The van der Waals surface area contributed by atoms with Crippen LogP contribution in [0.5, 0.6) is 0 Å². The molecule has 5 rings (SSSR count). The van der Waals surface area contributed by atoms with Crippen molar-refractivity contribution in [2.45, 2.75) is 37.6 Å². The molecule has 0 aliphatic carbocycles. The molecule has 9 heteroatoms. The monoisotopic (exact) mass is 508 g/mol. The summed E-state index contributed by atoms with van der Waals surface area (Å²) in [5, 5.41) is 4.46. The van der Waals surface area contributed by atoms with Gasteiger partial charge in [-0.25, -0.2) is 17.8 Å². The Balaban J connectivity index is 1.71. The number of hydrogen-bond donors (Lipinski definition) is 2. The van der Waals surface area contributed by atoms with Gasteiger partial charge in [0.05, 0.1) is 22.4 Å². The number of nitrogens with one attached hydrogen (secondary N) is 2. The number of rotatable bonds is 5. The average molecular weight is 509 g/mol. The van der Waals surface area contributed by atoms with Crippen LogP contribution in [0, 0.1) is 12.7 Å². The van der Waals surface area contributed by atoms with Crippen molar-refractivity contribution in [1.29, 1.82) is 0 Å². The van der Waals surface area contributed by atoms with Gasteiger partial charge in [-0.05, 0) is 80.9 Å². The van der Waals surface area contributed by atoms with Crippen molar-refractivity contribution in [2.24, 2.45) is 0 Å². The SMILES string of the molecule is CCS(=O)(=O)c1cccc(-c2cc(C(=O)NC3CCN(C)CC3)c(C)c3[nH]c4ncc(F)cc4c23)c1. The van der Waals surface area contributed by atoms with E-state index in [0.717, 1.165) is 37.7 Å². The van der Waals surface area contributed by atoms with Gasteiger partial charge in [-0.3, -0.25) is 4.79 Å². The fourth-order valence-electron chi connectivity index (χ4n) is 4.97. The van der Waals surface area contributed by atoms with Crippen molar-refractivity contribution < 1.29 is 17.6 Å². The number of aromatic amines is 1. The van der Waals surface area contributed by atoms with Crippen LogP contribution in [0.15, 0.2) is 47.5 Å². The van der Waals surface area contributed by atoms with Crippen molar-refractivity contribution in [3.63, 3.8) is 0 Å². The standard InChI is InChI=1S/C27H29FN4O3S/c1-4-36(34,35)20-7-5-6-17(12-20)22-14-21(27(33)30-19-8-10-32(3)11-9-19)16(2)25-24(22)23-13-18(28)15-29-26(23)31-25/h5-7,12-15,19H,4,8-11H2,1-3H3,(H,29,31)(H,30,33).